The second-order valence-corrected chi connectivity index (χ2v) is 6.56. The van der Waals surface area contributed by atoms with Crippen molar-refractivity contribution in [1.82, 2.24) is 10.2 Å². The molecule has 0 aromatic rings. The molecule has 2 atom stereocenters. The zero-order chi connectivity index (χ0) is 15.6. The van der Waals surface area contributed by atoms with Crippen LogP contribution in [0.15, 0.2) is 0 Å². The molecular weight excluding hydrogens is 268 g/mol. The fraction of sp³-hybridized carbons (Fsp3) is 0.875. The molecule has 1 aliphatic heterocycles. The summed E-state index contributed by atoms with van der Waals surface area (Å²) in [5, 5.41) is 2.91. The van der Waals surface area contributed by atoms with Gasteiger partial charge in [0.2, 0.25) is 11.8 Å². The fourth-order valence-electron chi connectivity index (χ4n) is 3.37. The summed E-state index contributed by atoms with van der Waals surface area (Å²) in [5.41, 5.74) is 0. The minimum atomic E-state index is -0.355. The first kappa shape index (κ1) is 16.3. The van der Waals surface area contributed by atoms with Crippen molar-refractivity contribution in [3.8, 4) is 0 Å². The normalized spacial score (nSPS) is 33.1. The topological polar surface area (TPSA) is 58.6 Å². The van der Waals surface area contributed by atoms with Crippen LogP contribution in [0.1, 0.15) is 53.4 Å². The zero-order valence-electron chi connectivity index (χ0n) is 13.6. The van der Waals surface area contributed by atoms with Gasteiger partial charge < -0.3 is 15.0 Å². The van der Waals surface area contributed by atoms with E-state index in [1.54, 1.807) is 0 Å². The SMILES string of the molecule is CCOC1CC(N2C(=O)C(CC(C)C)NC(=O)C2CC)C1. The van der Waals surface area contributed by atoms with Crippen molar-refractivity contribution in [3.05, 3.63) is 0 Å². The third-order valence-corrected chi connectivity index (χ3v) is 4.47. The predicted molar refractivity (Wildman–Crippen MR) is 80.7 cm³/mol. The average molecular weight is 296 g/mol. The van der Waals surface area contributed by atoms with E-state index in [1.165, 1.54) is 0 Å². The molecule has 5 heteroatoms. The largest absolute Gasteiger partial charge is 0.378 e. The molecule has 0 radical (unpaired) electrons. The average Bonchev–Trinajstić information content (AvgIpc) is 2.37. The van der Waals surface area contributed by atoms with Gasteiger partial charge in [-0.15, -0.1) is 0 Å². The standard InChI is InChI=1S/C16H28N2O3/c1-5-14-15(19)17-13(7-10(3)4)16(20)18(14)11-8-12(9-11)21-6-2/h10-14H,5-9H2,1-4H3,(H,17,19). The van der Waals surface area contributed by atoms with E-state index >= 15 is 0 Å². The van der Waals surface area contributed by atoms with Crippen molar-refractivity contribution >= 4 is 11.8 Å². The Morgan fingerprint density at radius 3 is 2.48 bits per heavy atom. The van der Waals surface area contributed by atoms with Crippen molar-refractivity contribution in [1.29, 1.82) is 0 Å². The first-order valence-electron chi connectivity index (χ1n) is 8.22. The van der Waals surface area contributed by atoms with Crippen LogP contribution < -0.4 is 5.32 Å². The van der Waals surface area contributed by atoms with Crippen LogP contribution in [-0.2, 0) is 14.3 Å². The van der Waals surface area contributed by atoms with Crippen LogP contribution in [0.4, 0.5) is 0 Å². The van der Waals surface area contributed by atoms with Crippen LogP contribution in [0.25, 0.3) is 0 Å². The summed E-state index contributed by atoms with van der Waals surface area (Å²) in [7, 11) is 0. The third-order valence-electron chi connectivity index (χ3n) is 4.47. The van der Waals surface area contributed by atoms with E-state index in [0.717, 1.165) is 12.8 Å². The summed E-state index contributed by atoms with van der Waals surface area (Å²) in [6.45, 7) is 8.81. The number of nitrogens with one attached hydrogen (secondary N) is 1. The predicted octanol–water partition coefficient (Wildman–Crippen LogP) is 1.71. The number of hydrogen-bond donors (Lipinski definition) is 1. The number of piperazine rings is 1. The van der Waals surface area contributed by atoms with Crippen LogP contribution in [-0.4, -0.2) is 47.6 Å². The molecule has 1 aliphatic carbocycles. The molecule has 2 aliphatic rings. The lowest BCUT2D eigenvalue weighted by molar-refractivity contribution is -0.159. The Hall–Kier alpha value is -1.10. The lowest BCUT2D eigenvalue weighted by Gasteiger charge is -2.49. The third kappa shape index (κ3) is 3.39. The monoisotopic (exact) mass is 296 g/mol. The van der Waals surface area contributed by atoms with Gasteiger partial charge in [0.15, 0.2) is 0 Å². The van der Waals surface area contributed by atoms with Crippen molar-refractivity contribution in [2.24, 2.45) is 5.92 Å². The van der Waals surface area contributed by atoms with Crippen molar-refractivity contribution in [3.63, 3.8) is 0 Å². The number of carbonyl (C=O) groups excluding carboxylic acids is 2. The number of nitrogens with zero attached hydrogens (tertiary/aromatic N) is 1. The molecule has 2 rings (SSSR count). The Morgan fingerprint density at radius 1 is 1.29 bits per heavy atom. The van der Waals surface area contributed by atoms with E-state index in [1.807, 2.05) is 18.7 Å². The number of ether oxygens (including phenoxy) is 1. The van der Waals surface area contributed by atoms with Gasteiger partial charge in [-0.3, -0.25) is 9.59 Å². The molecule has 0 aromatic heterocycles. The molecule has 1 saturated carbocycles. The summed E-state index contributed by atoms with van der Waals surface area (Å²) in [4.78, 5) is 26.9. The molecule has 1 N–H and O–H groups in total. The van der Waals surface area contributed by atoms with Gasteiger partial charge in [-0.1, -0.05) is 20.8 Å². The lowest BCUT2D eigenvalue weighted by Crippen LogP contribution is -2.68. The first-order valence-corrected chi connectivity index (χ1v) is 8.22. The zero-order valence-corrected chi connectivity index (χ0v) is 13.6. The Labute approximate surface area is 127 Å². The molecule has 1 heterocycles. The van der Waals surface area contributed by atoms with Gasteiger partial charge >= 0.3 is 0 Å². The molecule has 2 unspecified atom stereocenters. The van der Waals surface area contributed by atoms with Crippen molar-refractivity contribution < 1.29 is 14.3 Å². The highest BCUT2D eigenvalue weighted by Crippen LogP contribution is 2.32. The highest BCUT2D eigenvalue weighted by atomic mass is 16.5. The number of rotatable bonds is 6. The maximum absolute atomic E-state index is 12.7. The van der Waals surface area contributed by atoms with E-state index in [-0.39, 0.29) is 36.0 Å². The first-order chi connectivity index (χ1) is 9.97. The van der Waals surface area contributed by atoms with E-state index < -0.39 is 0 Å². The quantitative estimate of drug-likeness (QED) is 0.811. The highest BCUT2D eigenvalue weighted by Gasteiger charge is 2.46. The van der Waals surface area contributed by atoms with E-state index in [4.69, 9.17) is 4.74 Å². The Bertz CT molecular complexity index is 391. The van der Waals surface area contributed by atoms with Gasteiger partial charge in [0.05, 0.1) is 6.10 Å². The summed E-state index contributed by atoms with van der Waals surface area (Å²) < 4.78 is 5.58. The summed E-state index contributed by atoms with van der Waals surface area (Å²) in [5.74, 6) is 0.481. The van der Waals surface area contributed by atoms with E-state index in [2.05, 4.69) is 19.2 Å². The molecule has 2 amide bonds. The Kier molecular flexibility index (Phi) is 5.25. The van der Waals surface area contributed by atoms with E-state index in [0.29, 0.717) is 25.4 Å². The van der Waals surface area contributed by atoms with Crippen LogP contribution in [0, 0.1) is 5.92 Å². The molecule has 2 fully saturated rings. The fourth-order valence-corrected chi connectivity index (χ4v) is 3.37. The van der Waals surface area contributed by atoms with Gasteiger partial charge in [0, 0.05) is 12.6 Å². The van der Waals surface area contributed by atoms with Gasteiger partial charge in [-0.25, -0.2) is 0 Å². The second-order valence-electron chi connectivity index (χ2n) is 6.56. The van der Waals surface area contributed by atoms with Crippen molar-refractivity contribution in [2.75, 3.05) is 6.61 Å². The molecule has 21 heavy (non-hydrogen) atoms. The summed E-state index contributed by atoms with van der Waals surface area (Å²) >= 11 is 0. The van der Waals surface area contributed by atoms with Crippen LogP contribution in [0.3, 0.4) is 0 Å². The summed E-state index contributed by atoms with van der Waals surface area (Å²) in [6.07, 6.45) is 3.34. The minimum Gasteiger partial charge on any atom is -0.378 e. The van der Waals surface area contributed by atoms with Crippen LogP contribution in [0.5, 0.6) is 0 Å². The lowest BCUT2D eigenvalue weighted by atomic mass is 9.84. The highest BCUT2D eigenvalue weighted by molar-refractivity contribution is 5.97. The van der Waals surface area contributed by atoms with E-state index in [9.17, 15) is 9.59 Å². The maximum Gasteiger partial charge on any atom is 0.246 e. The van der Waals surface area contributed by atoms with Crippen LogP contribution >= 0.6 is 0 Å². The molecule has 0 bridgehead atoms. The maximum atomic E-state index is 12.7. The van der Waals surface area contributed by atoms with Gasteiger partial charge in [-0.2, -0.15) is 0 Å². The molecule has 0 spiro atoms. The van der Waals surface area contributed by atoms with Crippen LogP contribution in [0.2, 0.25) is 0 Å². The number of carbonyl (C=O) groups is 2. The smallest absolute Gasteiger partial charge is 0.246 e. The minimum absolute atomic E-state index is 0.00242. The molecule has 120 valence electrons. The molecule has 1 saturated heterocycles. The molecular formula is C16H28N2O3. The molecule has 0 aromatic carbocycles. The van der Waals surface area contributed by atoms with Gasteiger partial charge in [-0.05, 0) is 38.5 Å². The van der Waals surface area contributed by atoms with Gasteiger partial charge in [0.25, 0.3) is 0 Å². The Morgan fingerprint density at radius 2 is 1.95 bits per heavy atom. The summed E-state index contributed by atoms with van der Waals surface area (Å²) in [6, 6.07) is -0.500. The van der Waals surface area contributed by atoms with Crippen molar-refractivity contribution in [2.45, 2.75) is 77.6 Å². The number of hydrogen-bond acceptors (Lipinski definition) is 3. The Balaban J connectivity index is 2.07. The number of amides is 2. The van der Waals surface area contributed by atoms with Gasteiger partial charge in [0.1, 0.15) is 12.1 Å². The second kappa shape index (κ2) is 6.77. The molecule has 5 nitrogen and oxygen atoms in total.